The van der Waals surface area contributed by atoms with Crippen LogP contribution in [0, 0.1) is 10.1 Å². The Morgan fingerprint density at radius 3 is 2.40 bits per heavy atom. The lowest BCUT2D eigenvalue weighted by molar-refractivity contribution is -0.384. The molecule has 13 heteroatoms. The predicted molar refractivity (Wildman–Crippen MR) is 155 cm³/mol. The second-order valence-corrected chi connectivity index (χ2v) is 11.7. The van der Waals surface area contributed by atoms with E-state index < -0.39 is 14.9 Å². The van der Waals surface area contributed by atoms with Crippen molar-refractivity contribution in [1.29, 1.82) is 0 Å². The first-order valence-corrected chi connectivity index (χ1v) is 14.6. The number of piperidine rings is 1. The lowest BCUT2D eigenvalue weighted by Crippen LogP contribution is -2.42. The van der Waals surface area contributed by atoms with Crippen molar-refractivity contribution in [3.63, 3.8) is 0 Å². The minimum Gasteiger partial charge on any atom is -0.367 e. The number of nitro groups is 1. The van der Waals surface area contributed by atoms with Gasteiger partial charge in [0.2, 0.25) is 0 Å². The number of carbonyl (C=O) groups excluding carboxylic acids is 1. The topological polar surface area (TPSA) is 153 Å². The number of hydrogen-bond acceptors (Lipinski definition) is 9. The fourth-order valence-corrected chi connectivity index (χ4v) is 6.31. The van der Waals surface area contributed by atoms with E-state index in [0.717, 1.165) is 0 Å². The van der Waals surface area contributed by atoms with Crippen LogP contribution in [0.5, 0.6) is 0 Å². The standard InChI is InChI=1S/C29H25N7O5S/c37-29(20-6-8-24(9-7-20)36(38)39)34-13-11-23(12-14-34)33-27-17-26(31-19-32-27)22-16-21-10-15-35(28(21)30-18-22)42(40,41)25-4-2-1-3-5-25/h1-10,15-19,23H,11-14H2,(H,31,32,33). The number of nitrogens with one attached hydrogen (secondary N) is 1. The molecular weight excluding hydrogens is 558 g/mol. The zero-order valence-electron chi connectivity index (χ0n) is 22.2. The van der Waals surface area contributed by atoms with Crippen molar-refractivity contribution >= 4 is 38.5 Å². The molecule has 2 aromatic carbocycles. The molecule has 1 saturated heterocycles. The number of hydrogen-bond donors (Lipinski definition) is 1. The summed E-state index contributed by atoms with van der Waals surface area (Å²) in [5.74, 6) is 0.477. The molecule has 3 aromatic heterocycles. The SMILES string of the molecule is O=C(c1ccc([N+](=O)[O-])cc1)N1CCC(Nc2cc(-c3cnc4c(ccn4S(=O)(=O)c4ccccc4)c3)ncn2)CC1. The first kappa shape index (κ1) is 27.0. The summed E-state index contributed by atoms with van der Waals surface area (Å²) in [6, 6.07) is 19.3. The zero-order valence-corrected chi connectivity index (χ0v) is 23.0. The third-order valence-electron chi connectivity index (χ3n) is 7.22. The molecular formula is C29H25N7O5S. The van der Waals surface area contributed by atoms with Gasteiger partial charge in [0.15, 0.2) is 5.65 Å². The van der Waals surface area contributed by atoms with Gasteiger partial charge in [-0.25, -0.2) is 27.3 Å². The van der Waals surface area contributed by atoms with Crippen LogP contribution in [0.2, 0.25) is 0 Å². The highest BCUT2D eigenvalue weighted by Gasteiger charge is 2.25. The van der Waals surface area contributed by atoms with Crippen molar-refractivity contribution < 1.29 is 18.1 Å². The van der Waals surface area contributed by atoms with Gasteiger partial charge in [0, 0.05) is 66.2 Å². The molecule has 1 fully saturated rings. The van der Waals surface area contributed by atoms with E-state index in [4.69, 9.17) is 0 Å². The Hall–Kier alpha value is -5.17. The number of likely N-dealkylation sites (tertiary alicyclic amines) is 1. The summed E-state index contributed by atoms with van der Waals surface area (Å²) in [5, 5.41) is 15.0. The highest BCUT2D eigenvalue weighted by Crippen LogP contribution is 2.26. The highest BCUT2D eigenvalue weighted by molar-refractivity contribution is 7.90. The molecule has 0 unspecified atom stereocenters. The highest BCUT2D eigenvalue weighted by atomic mass is 32.2. The molecule has 0 radical (unpaired) electrons. The molecule has 1 N–H and O–H groups in total. The van der Waals surface area contributed by atoms with E-state index >= 15 is 0 Å². The third kappa shape index (κ3) is 5.29. The zero-order chi connectivity index (χ0) is 29.3. The van der Waals surface area contributed by atoms with Gasteiger partial charge in [0.25, 0.3) is 21.6 Å². The normalized spacial score (nSPS) is 14.1. The Kier molecular flexibility index (Phi) is 7.08. The maximum atomic E-state index is 13.1. The average Bonchev–Trinajstić information content (AvgIpc) is 3.46. The quantitative estimate of drug-likeness (QED) is 0.217. The van der Waals surface area contributed by atoms with Gasteiger partial charge in [0.05, 0.1) is 15.5 Å². The second kappa shape index (κ2) is 11.0. The van der Waals surface area contributed by atoms with E-state index in [2.05, 4.69) is 20.3 Å². The number of carbonyl (C=O) groups is 1. The van der Waals surface area contributed by atoms with Gasteiger partial charge in [0.1, 0.15) is 12.1 Å². The van der Waals surface area contributed by atoms with Crippen molar-refractivity contribution in [2.75, 3.05) is 18.4 Å². The molecule has 1 aliphatic heterocycles. The van der Waals surface area contributed by atoms with Gasteiger partial charge in [-0.1, -0.05) is 18.2 Å². The minimum absolute atomic E-state index is 0.0520. The average molecular weight is 584 g/mol. The number of fused-ring (bicyclic) bond motifs is 1. The predicted octanol–water partition coefficient (Wildman–Crippen LogP) is 4.36. The minimum atomic E-state index is -3.78. The Balaban J connectivity index is 1.12. The molecule has 4 heterocycles. The first-order chi connectivity index (χ1) is 20.3. The summed E-state index contributed by atoms with van der Waals surface area (Å²) < 4.78 is 27.4. The van der Waals surface area contributed by atoms with Crippen LogP contribution in [0.1, 0.15) is 23.2 Å². The lowest BCUT2D eigenvalue weighted by atomic mass is 10.0. The van der Waals surface area contributed by atoms with Gasteiger partial charge in [-0.3, -0.25) is 14.9 Å². The van der Waals surface area contributed by atoms with Crippen LogP contribution in [-0.2, 0) is 10.0 Å². The molecule has 0 atom stereocenters. The van der Waals surface area contributed by atoms with Crippen LogP contribution in [0.3, 0.4) is 0 Å². The number of nitrogens with zero attached hydrogens (tertiary/aromatic N) is 6. The Morgan fingerprint density at radius 1 is 0.952 bits per heavy atom. The number of amides is 1. The van der Waals surface area contributed by atoms with Crippen LogP contribution in [0.25, 0.3) is 22.3 Å². The number of non-ortho nitro benzene ring substituents is 1. The third-order valence-corrected chi connectivity index (χ3v) is 8.90. The molecule has 1 amide bonds. The van der Waals surface area contributed by atoms with Crippen LogP contribution >= 0.6 is 0 Å². The molecule has 5 aromatic rings. The van der Waals surface area contributed by atoms with Crippen molar-refractivity contribution in [3.05, 3.63) is 107 Å². The summed E-state index contributed by atoms with van der Waals surface area (Å²) in [4.78, 5) is 38.3. The van der Waals surface area contributed by atoms with Crippen LogP contribution in [-0.4, -0.2) is 62.2 Å². The van der Waals surface area contributed by atoms with Gasteiger partial charge < -0.3 is 10.2 Å². The second-order valence-electron chi connectivity index (χ2n) is 9.87. The Bertz CT molecular complexity index is 1890. The molecule has 12 nitrogen and oxygen atoms in total. The number of benzene rings is 2. The Labute approximate surface area is 240 Å². The van der Waals surface area contributed by atoms with E-state index in [1.165, 1.54) is 40.8 Å². The maximum Gasteiger partial charge on any atom is 0.269 e. The molecule has 0 saturated carbocycles. The molecule has 0 bridgehead atoms. The summed E-state index contributed by atoms with van der Waals surface area (Å²) >= 11 is 0. The fraction of sp³-hybridized carbons (Fsp3) is 0.172. The van der Waals surface area contributed by atoms with Crippen molar-refractivity contribution in [2.45, 2.75) is 23.8 Å². The van der Waals surface area contributed by atoms with E-state index in [-0.39, 0.29) is 22.5 Å². The summed E-state index contributed by atoms with van der Waals surface area (Å²) in [6.45, 7) is 1.07. The summed E-state index contributed by atoms with van der Waals surface area (Å²) in [7, 11) is -3.78. The number of pyridine rings is 1. The first-order valence-electron chi connectivity index (χ1n) is 13.2. The van der Waals surface area contributed by atoms with E-state index in [9.17, 15) is 23.3 Å². The molecule has 0 spiro atoms. The molecule has 0 aliphatic carbocycles. The molecule has 1 aliphatic rings. The van der Waals surface area contributed by atoms with Gasteiger partial charge >= 0.3 is 0 Å². The fourth-order valence-electron chi connectivity index (χ4n) is 4.98. The maximum absolute atomic E-state index is 13.1. The monoisotopic (exact) mass is 583 g/mol. The van der Waals surface area contributed by atoms with E-state index in [1.807, 2.05) is 12.1 Å². The van der Waals surface area contributed by atoms with Gasteiger partial charge in [-0.2, -0.15) is 0 Å². The van der Waals surface area contributed by atoms with Crippen LogP contribution < -0.4 is 5.32 Å². The van der Waals surface area contributed by atoms with Crippen LogP contribution in [0.15, 0.2) is 96.4 Å². The van der Waals surface area contributed by atoms with Crippen molar-refractivity contribution in [3.8, 4) is 11.3 Å². The van der Waals surface area contributed by atoms with Crippen LogP contribution in [0.4, 0.5) is 11.5 Å². The number of rotatable bonds is 7. The molecule has 6 rings (SSSR count). The summed E-state index contributed by atoms with van der Waals surface area (Å²) in [5.41, 5.74) is 2.04. The molecule has 212 valence electrons. The summed E-state index contributed by atoms with van der Waals surface area (Å²) in [6.07, 6.45) is 5.95. The van der Waals surface area contributed by atoms with E-state index in [1.54, 1.807) is 47.5 Å². The van der Waals surface area contributed by atoms with Gasteiger partial charge in [-0.15, -0.1) is 0 Å². The molecule has 42 heavy (non-hydrogen) atoms. The van der Waals surface area contributed by atoms with Gasteiger partial charge in [-0.05, 0) is 49.2 Å². The largest absolute Gasteiger partial charge is 0.367 e. The number of nitro benzene ring substituents is 1. The lowest BCUT2D eigenvalue weighted by Gasteiger charge is -2.32. The van der Waals surface area contributed by atoms with Crippen molar-refractivity contribution in [1.82, 2.24) is 23.8 Å². The smallest absolute Gasteiger partial charge is 0.269 e. The Morgan fingerprint density at radius 2 is 1.69 bits per heavy atom. The number of aromatic nitrogens is 4. The number of anilines is 1. The van der Waals surface area contributed by atoms with E-state index in [0.29, 0.717) is 59.6 Å². The van der Waals surface area contributed by atoms with Crippen molar-refractivity contribution in [2.24, 2.45) is 0 Å².